The highest BCUT2D eigenvalue weighted by molar-refractivity contribution is 5.48. The molecule has 1 heterocycles. The second kappa shape index (κ2) is 5.45. The van der Waals surface area contributed by atoms with Gasteiger partial charge in [-0.05, 0) is 25.2 Å². The first-order valence-corrected chi connectivity index (χ1v) is 6.30. The van der Waals surface area contributed by atoms with Crippen LogP contribution in [-0.4, -0.2) is 29.7 Å². The Labute approximate surface area is 103 Å². The van der Waals surface area contributed by atoms with Gasteiger partial charge in [0.2, 0.25) is 0 Å². The molecule has 17 heavy (non-hydrogen) atoms. The lowest BCUT2D eigenvalue weighted by Gasteiger charge is -2.23. The van der Waals surface area contributed by atoms with E-state index in [1.54, 1.807) is 13.4 Å². The number of anilines is 1. The number of hydrogen-bond donors (Lipinski definition) is 1. The maximum absolute atomic E-state index is 5.25. The van der Waals surface area contributed by atoms with E-state index < -0.39 is 0 Å². The van der Waals surface area contributed by atoms with Crippen LogP contribution in [0.2, 0.25) is 0 Å². The SMILES string of the molecule is COCC(Nc1ncnc2c1CCC2)C(C)C. The van der Waals surface area contributed by atoms with Gasteiger partial charge in [-0.25, -0.2) is 9.97 Å². The molecule has 4 heteroatoms. The lowest BCUT2D eigenvalue weighted by molar-refractivity contribution is 0.171. The third-order valence-corrected chi connectivity index (χ3v) is 3.35. The van der Waals surface area contributed by atoms with Crippen molar-refractivity contribution in [3.63, 3.8) is 0 Å². The lowest BCUT2D eigenvalue weighted by atomic mass is 10.1. The average Bonchev–Trinajstić information content (AvgIpc) is 2.77. The van der Waals surface area contributed by atoms with E-state index in [4.69, 9.17) is 4.74 Å². The minimum Gasteiger partial charge on any atom is -0.383 e. The van der Waals surface area contributed by atoms with Gasteiger partial charge >= 0.3 is 0 Å². The van der Waals surface area contributed by atoms with Crippen LogP contribution in [-0.2, 0) is 17.6 Å². The molecule has 1 aromatic rings. The Morgan fingerprint density at radius 1 is 1.35 bits per heavy atom. The zero-order valence-corrected chi connectivity index (χ0v) is 10.9. The molecule has 0 aromatic carbocycles. The number of methoxy groups -OCH3 is 1. The molecule has 94 valence electrons. The number of rotatable bonds is 5. The zero-order valence-electron chi connectivity index (χ0n) is 10.9. The number of aryl methyl sites for hydroxylation is 1. The first-order valence-electron chi connectivity index (χ1n) is 6.30. The summed E-state index contributed by atoms with van der Waals surface area (Å²) < 4.78 is 5.25. The van der Waals surface area contributed by atoms with Crippen molar-refractivity contribution in [3.8, 4) is 0 Å². The fourth-order valence-electron chi connectivity index (χ4n) is 2.24. The fraction of sp³-hybridized carbons (Fsp3) is 0.692. The molecule has 0 bridgehead atoms. The summed E-state index contributed by atoms with van der Waals surface area (Å²) in [6.45, 7) is 5.09. The normalized spacial score (nSPS) is 16.0. The Kier molecular flexibility index (Phi) is 3.94. The van der Waals surface area contributed by atoms with E-state index in [0.29, 0.717) is 18.6 Å². The highest BCUT2D eigenvalue weighted by Crippen LogP contribution is 2.26. The standard InChI is InChI=1S/C13H21N3O/c1-9(2)12(7-17-3)16-13-10-5-4-6-11(10)14-8-15-13/h8-9,12H,4-7H2,1-3H3,(H,14,15,16). The predicted octanol–water partition coefficient (Wildman–Crippen LogP) is 2.05. The van der Waals surface area contributed by atoms with Crippen LogP contribution >= 0.6 is 0 Å². The summed E-state index contributed by atoms with van der Waals surface area (Å²) in [6, 6.07) is 0.305. The summed E-state index contributed by atoms with van der Waals surface area (Å²) in [5.74, 6) is 1.52. The van der Waals surface area contributed by atoms with Crippen molar-refractivity contribution in [2.45, 2.75) is 39.2 Å². The molecule has 0 fully saturated rings. The van der Waals surface area contributed by atoms with Crippen LogP contribution in [0.25, 0.3) is 0 Å². The van der Waals surface area contributed by atoms with E-state index in [1.165, 1.54) is 17.7 Å². The van der Waals surface area contributed by atoms with E-state index in [1.807, 2.05) is 0 Å². The van der Waals surface area contributed by atoms with Crippen LogP contribution in [0.3, 0.4) is 0 Å². The summed E-state index contributed by atoms with van der Waals surface area (Å²) in [6.07, 6.45) is 5.04. The highest BCUT2D eigenvalue weighted by atomic mass is 16.5. The van der Waals surface area contributed by atoms with Crippen molar-refractivity contribution in [2.24, 2.45) is 5.92 Å². The van der Waals surface area contributed by atoms with Gasteiger partial charge in [0.25, 0.3) is 0 Å². The van der Waals surface area contributed by atoms with Crippen molar-refractivity contribution in [1.82, 2.24) is 9.97 Å². The van der Waals surface area contributed by atoms with Crippen LogP contribution in [0.4, 0.5) is 5.82 Å². The summed E-state index contributed by atoms with van der Waals surface area (Å²) in [5.41, 5.74) is 2.51. The quantitative estimate of drug-likeness (QED) is 0.848. The van der Waals surface area contributed by atoms with E-state index >= 15 is 0 Å². The van der Waals surface area contributed by atoms with Crippen molar-refractivity contribution in [2.75, 3.05) is 19.0 Å². The van der Waals surface area contributed by atoms with Crippen molar-refractivity contribution < 1.29 is 4.74 Å². The molecule has 4 nitrogen and oxygen atoms in total. The van der Waals surface area contributed by atoms with Gasteiger partial charge in [-0.3, -0.25) is 0 Å². The average molecular weight is 235 g/mol. The number of hydrogen-bond acceptors (Lipinski definition) is 4. The van der Waals surface area contributed by atoms with Crippen molar-refractivity contribution >= 4 is 5.82 Å². The van der Waals surface area contributed by atoms with Crippen molar-refractivity contribution in [3.05, 3.63) is 17.6 Å². The van der Waals surface area contributed by atoms with E-state index in [2.05, 4.69) is 29.1 Å². The molecule has 0 radical (unpaired) electrons. The molecule has 0 aliphatic heterocycles. The molecule has 1 unspecified atom stereocenters. The van der Waals surface area contributed by atoms with Gasteiger partial charge in [0, 0.05) is 18.4 Å². The Balaban J connectivity index is 2.14. The second-order valence-electron chi connectivity index (χ2n) is 4.95. The van der Waals surface area contributed by atoms with Gasteiger partial charge in [-0.2, -0.15) is 0 Å². The summed E-state index contributed by atoms with van der Waals surface area (Å²) in [5, 5.41) is 3.50. The maximum Gasteiger partial charge on any atom is 0.133 e. The number of ether oxygens (including phenoxy) is 1. The van der Waals surface area contributed by atoms with E-state index in [9.17, 15) is 0 Å². The van der Waals surface area contributed by atoms with Crippen LogP contribution in [0.5, 0.6) is 0 Å². The molecule has 1 N–H and O–H groups in total. The Bertz CT molecular complexity index is 379. The molecule has 1 aliphatic rings. The van der Waals surface area contributed by atoms with Gasteiger partial charge in [-0.15, -0.1) is 0 Å². The zero-order chi connectivity index (χ0) is 12.3. The second-order valence-corrected chi connectivity index (χ2v) is 4.95. The van der Waals surface area contributed by atoms with E-state index in [0.717, 1.165) is 18.7 Å². The molecule has 0 spiro atoms. The monoisotopic (exact) mass is 235 g/mol. The molecule has 0 saturated carbocycles. The minimum atomic E-state index is 0.305. The van der Waals surface area contributed by atoms with Gasteiger partial charge in [0.1, 0.15) is 12.1 Å². The van der Waals surface area contributed by atoms with Crippen molar-refractivity contribution in [1.29, 1.82) is 0 Å². The molecular weight excluding hydrogens is 214 g/mol. The highest BCUT2D eigenvalue weighted by Gasteiger charge is 2.20. The molecular formula is C13H21N3O. The number of aromatic nitrogens is 2. The van der Waals surface area contributed by atoms with Crippen LogP contribution in [0.15, 0.2) is 6.33 Å². The molecule has 1 aromatic heterocycles. The molecule has 0 amide bonds. The third-order valence-electron chi connectivity index (χ3n) is 3.35. The van der Waals surface area contributed by atoms with Crippen LogP contribution in [0.1, 0.15) is 31.5 Å². The summed E-state index contributed by atoms with van der Waals surface area (Å²) in [7, 11) is 1.74. The lowest BCUT2D eigenvalue weighted by Crippen LogP contribution is -2.31. The summed E-state index contributed by atoms with van der Waals surface area (Å²) in [4.78, 5) is 8.71. The van der Waals surface area contributed by atoms with Gasteiger partial charge < -0.3 is 10.1 Å². The number of nitrogens with zero attached hydrogens (tertiary/aromatic N) is 2. The fourth-order valence-corrected chi connectivity index (χ4v) is 2.24. The molecule has 0 saturated heterocycles. The minimum absolute atomic E-state index is 0.305. The Morgan fingerprint density at radius 2 is 2.18 bits per heavy atom. The molecule has 1 aliphatic carbocycles. The first-order chi connectivity index (χ1) is 8.22. The smallest absolute Gasteiger partial charge is 0.133 e. The third kappa shape index (κ3) is 2.75. The summed E-state index contributed by atoms with van der Waals surface area (Å²) >= 11 is 0. The van der Waals surface area contributed by atoms with Gasteiger partial charge in [0.05, 0.1) is 12.6 Å². The number of nitrogens with one attached hydrogen (secondary N) is 1. The number of fused-ring (bicyclic) bond motifs is 1. The first kappa shape index (κ1) is 12.3. The Morgan fingerprint density at radius 3 is 2.88 bits per heavy atom. The predicted molar refractivity (Wildman–Crippen MR) is 68.2 cm³/mol. The molecule has 2 rings (SSSR count). The van der Waals surface area contributed by atoms with E-state index in [-0.39, 0.29) is 0 Å². The maximum atomic E-state index is 5.25. The largest absolute Gasteiger partial charge is 0.383 e. The van der Waals surface area contributed by atoms with Crippen LogP contribution < -0.4 is 5.32 Å². The van der Waals surface area contributed by atoms with Gasteiger partial charge in [0.15, 0.2) is 0 Å². The Hall–Kier alpha value is -1.16. The molecule has 1 atom stereocenters. The van der Waals surface area contributed by atoms with Gasteiger partial charge in [-0.1, -0.05) is 13.8 Å². The topological polar surface area (TPSA) is 47.0 Å². The van der Waals surface area contributed by atoms with Crippen LogP contribution in [0, 0.1) is 5.92 Å².